The van der Waals surface area contributed by atoms with E-state index < -0.39 is 10.0 Å². The van der Waals surface area contributed by atoms with Gasteiger partial charge < -0.3 is 9.73 Å². The number of hydrogen-bond donors (Lipinski definition) is 2. The van der Waals surface area contributed by atoms with E-state index in [1.165, 1.54) is 13.1 Å². The molecule has 0 bridgehead atoms. The van der Waals surface area contributed by atoms with Gasteiger partial charge in [0.15, 0.2) is 0 Å². The van der Waals surface area contributed by atoms with E-state index in [-0.39, 0.29) is 5.09 Å². The maximum atomic E-state index is 11.4. The molecule has 0 radical (unpaired) electrons. The Balaban J connectivity index is 2.41. The van der Waals surface area contributed by atoms with Crippen LogP contribution in [0.25, 0.3) is 0 Å². The molecule has 98 valence electrons. The summed E-state index contributed by atoms with van der Waals surface area (Å²) in [5, 5.41) is 3.16. The Morgan fingerprint density at radius 3 is 2.82 bits per heavy atom. The van der Waals surface area contributed by atoms with E-state index in [1.807, 2.05) is 11.8 Å². The van der Waals surface area contributed by atoms with Crippen LogP contribution in [0.3, 0.4) is 0 Å². The van der Waals surface area contributed by atoms with Crippen LogP contribution in [0.5, 0.6) is 0 Å². The Morgan fingerprint density at radius 1 is 1.41 bits per heavy atom. The van der Waals surface area contributed by atoms with Crippen molar-refractivity contribution >= 4 is 21.8 Å². The second-order valence-corrected chi connectivity index (χ2v) is 6.25. The summed E-state index contributed by atoms with van der Waals surface area (Å²) in [6.07, 6.45) is 3.16. The number of rotatable bonds is 8. The van der Waals surface area contributed by atoms with Gasteiger partial charge in [0.2, 0.25) is 5.09 Å². The van der Waals surface area contributed by atoms with Crippen molar-refractivity contribution in [3.63, 3.8) is 0 Å². The molecule has 0 spiro atoms. The van der Waals surface area contributed by atoms with Crippen LogP contribution in [0.1, 0.15) is 12.2 Å². The lowest BCUT2D eigenvalue weighted by Gasteiger charge is -2.01. The lowest BCUT2D eigenvalue weighted by atomic mass is 10.4. The van der Waals surface area contributed by atoms with Gasteiger partial charge in [-0.1, -0.05) is 0 Å². The average Bonchev–Trinajstić information content (AvgIpc) is 2.78. The summed E-state index contributed by atoms with van der Waals surface area (Å²) in [4.78, 5) is 0. The summed E-state index contributed by atoms with van der Waals surface area (Å²) in [5.41, 5.74) is 0. The van der Waals surface area contributed by atoms with Crippen molar-refractivity contribution in [2.75, 3.05) is 25.6 Å². The fourth-order valence-electron chi connectivity index (χ4n) is 1.25. The van der Waals surface area contributed by atoms with Gasteiger partial charge >= 0.3 is 0 Å². The molecule has 0 saturated carbocycles. The summed E-state index contributed by atoms with van der Waals surface area (Å²) in [6.45, 7) is 1.45. The molecule has 1 aromatic rings. The Kier molecular flexibility index (Phi) is 6.04. The predicted molar refractivity (Wildman–Crippen MR) is 69.7 cm³/mol. The lowest BCUT2D eigenvalue weighted by Crippen LogP contribution is -2.18. The van der Waals surface area contributed by atoms with Gasteiger partial charge in [0, 0.05) is 0 Å². The second-order valence-electron chi connectivity index (χ2n) is 3.45. The van der Waals surface area contributed by atoms with Crippen LogP contribution in [0.2, 0.25) is 0 Å². The van der Waals surface area contributed by atoms with Gasteiger partial charge in [-0.15, -0.1) is 0 Å². The minimum Gasteiger partial charge on any atom is -0.447 e. The van der Waals surface area contributed by atoms with Crippen LogP contribution in [0, 0.1) is 0 Å². The summed E-state index contributed by atoms with van der Waals surface area (Å²) in [5.74, 6) is 1.74. The largest absolute Gasteiger partial charge is 0.447 e. The summed E-state index contributed by atoms with van der Waals surface area (Å²) < 4.78 is 30.2. The minimum atomic E-state index is -3.46. The van der Waals surface area contributed by atoms with Crippen molar-refractivity contribution in [1.82, 2.24) is 10.0 Å². The van der Waals surface area contributed by atoms with Crippen LogP contribution < -0.4 is 10.0 Å². The fraction of sp³-hybridized carbons (Fsp3) is 0.600. The molecule has 0 atom stereocenters. The molecule has 7 heteroatoms. The minimum absolute atomic E-state index is 0.0408. The molecule has 5 nitrogen and oxygen atoms in total. The highest BCUT2D eigenvalue weighted by molar-refractivity contribution is 7.98. The molecule has 1 heterocycles. The maximum absolute atomic E-state index is 11.4. The van der Waals surface area contributed by atoms with Gasteiger partial charge in [0.1, 0.15) is 5.76 Å². The van der Waals surface area contributed by atoms with Crippen LogP contribution in [-0.4, -0.2) is 34.0 Å². The molecule has 17 heavy (non-hydrogen) atoms. The van der Waals surface area contributed by atoms with Crippen LogP contribution in [0.4, 0.5) is 0 Å². The van der Waals surface area contributed by atoms with Gasteiger partial charge in [-0.25, -0.2) is 13.1 Å². The number of hydrogen-bond acceptors (Lipinski definition) is 5. The molecule has 1 rings (SSSR count). The third kappa shape index (κ3) is 4.71. The van der Waals surface area contributed by atoms with Gasteiger partial charge in [-0.2, -0.15) is 11.8 Å². The van der Waals surface area contributed by atoms with Gasteiger partial charge in [0.05, 0.1) is 6.54 Å². The Hall–Kier alpha value is -0.500. The molecule has 0 aromatic carbocycles. The Labute approximate surface area is 106 Å². The number of furan rings is 1. The van der Waals surface area contributed by atoms with E-state index >= 15 is 0 Å². The van der Waals surface area contributed by atoms with E-state index in [0.29, 0.717) is 12.3 Å². The number of sulfonamides is 1. The van der Waals surface area contributed by atoms with E-state index in [9.17, 15) is 8.42 Å². The van der Waals surface area contributed by atoms with Crippen molar-refractivity contribution in [3.8, 4) is 0 Å². The first-order valence-corrected chi connectivity index (χ1v) is 8.20. The molecular weight excluding hydrogens is 260 g/mol. The van der Waals surface area contributed by atoms with E-state index in [4.69, 9.17) is 4.42 Å². The molecule has 0 fully saturated rings. The fourth-order valence-corrected chi connectivity index (χ4v) is 2.35. The zero-order chi connectivity index (χ0) is 12.7. The topological polar surface area (TPSA) is 71.3 Å². The van der Waals surface area contributed by atoms with Gasteiger partial charge in [0.25, 0.3) is 10.0 Å². The highest BCUT2D eigenvalue weighted by atomic mass is 32.2. The summed E-state index contributed by atoms with van der Waals surface area (Å²) in [6, 6.07) is 3.14. The van der Waals surface area contributed by atoms with Crippen molar-refractivity contribution < 1.29 is 12.8 Å². The van der Waals surface area contributed by atoms with Crippen molar-refractivity contribution in [3.05, 3.63) is 17.9 Å². The van der Waals surface area contributed by atoms with Gasteiger partial charge in [-0.3, -0.25) is 0 Å². The number of thioether (sulfide) groups is 1. The first-order chi connectivity index (χ1) is 8.10. The first kappa shape index (κ1) is 14.6. The third-order valence-corrected chi connectivity index (χ3v) is 4.16. The number of nitrogens with one attached hydrogen (secondary N) is 2. The third-order valence-electron chi connectivity index (χ3n) is 2.17. The molecule has 0 amide bonds. The molecule has 0 aliphatic heterocycles. The molecular formula is C10H18N2O3S2. The van der Waals surface area contributed by atoms with Gasteiger partial charge in [-0.05, 0) is 44.2 Å². The first-order valence-electron chi connectivity index (χ1n) is 5.32. The zero-order valence-electron chi connectivity index (χ0n) is 10.0. The average molecular weight is 278 g/mol. The summed E-state index contributed by atoms with van der Waals surface area (Å²) in [7, 11) is -2.11. The Bertz CT molecular complexity index is 429. The highest BCUT2D eigenvalue weighted by Gasteiger charge is 2.15. The quantitative estimate of drug-likeness (QED) is 0.695. The molecule has 0 aliphatic rings. The van der Waals surface area contributed by atoms with Crippen LogP contribution in [-0.2, 0) is 16.6 Å². The Morgan fingerprint density at radius 2 is 2.18 bits per heavy atom. The predicted octanol–water partition coefficient (Wildman–Crippen LogP) is 1.03. The standard InChI is InChI=1S/C10H18N2O3S2/c1-11-17(13,14)10-5-4-9(15-10)8-12-6-3-7-16-2/h4-5,11-12H,3,6-8H2,1-2H3. The molecule has 0 aliphatic carbocycles. The SMILES string of the molecule is CNS(=O)(=O)c1ccc(CNCCCSC)o1. The van der Waals surface area contributed by atoms with Crippen LogP contribution >= 0.6 is 11.8 Å². The molecule has 0 unspecified atom stereocenters. The normalized spacial score (nSPS) is 11.9. The molecule has 0 saturated heterocycles. The van der Waals surface area contributed by atoms with Crippen molar-refractivity contribution in [2.45, 2.75) is 18.1 Å². The monoisotopic (exact) mass is 278 g/mol. The van der Waals surface area contributed by atoms with Crippen molar-refractivity contribution in [2.24, 2.45) is 0 Å². The molecule has 2 N–H and O–H groups in total. The maximum Gasteiger partial charge on any atom is 0.273 e. The van der Waals surface area contributed by atoms with E-state index in [2.05, 4.69) is 16.3 Å². The smallest absolute Gasteiger partial charge is 0.273 e. The second kappa shape index (κ2) is 7.05. The van der Waals surface area contributed by atoms with Crippen LogP contribution in [0.15, 0.2) is 21.6 Å². The molecule has 1 aromatic heterocycles. The zero-order valence-corrected chi connectivity index (χ0v) is 11.7. The summed E-state index contributed by atoms with van der Waals surface area (Å²) >= 11 is 1.81. The van der Waals surface area contributed by atoms with E-state index in [0.717, 1.165) is 18.7 Å². The lowest BCUT2D eigenvalue weighted by molar-refractivity contribution is 0.401. The van der Waals surface area contributed by atoms with E-state index in [1.54, 1.807) is 6.07 Å². The van der Waals surface area contributed by atoms with Crippen molar-refractivity contribution in [1.29, 1.82) is 0 Å². The highest BCUT2D eigenvalue weighted by Crippen LogP contribution is 2.13.